The molecule has 22 heavy (non-hydrogen) atoms. The molecule has 1 aliphatic heterocycles. The van der Waals surface area contributed by atoms with Gasteiger partial charge in [0.25, 0.3) is 0 Å². The summed E-state index contributed by atoms with van der Waals surface area (Å²) in [5.74, 6) is -1.51. The van der Waals surface area contributed by atoms with Gasteiger partial charge in [-0.25, -0.2) is 0 Å². The van der Waals surface area contributed by atoms with Crippen LogP contribution < -0.4 is 15.3 Å². The summed E-state index contributed by atoms with van der Waals surface area (Å²) in [6.07, 6.45) is 4.57. The highest BCUT2D eigenvalue weighted by molar-refractivity contribution is 5.92. The van der Waals surface area contributed by atoms with E-state index in [1.165, 1.54) is 24.9 Å². The number of carboxylic acids is 1. The van der Waals surface area contributed by atoms with E-state index in [1.807, 2.05) is 24.3 Å². The first-order valence-corrected chi connectivity index (χ1v) is 7.96. The summed E-state index contributed by atoms with van der Waals surface area (Å²) in [5, 5.41) is 13.0. The molecule has 2 rings (SSSR count). The molecule has 1 amide bonds. The van der Waals surface area contributed by atoms with Crippen molar-refractivity contribution in [3.8, 4) is 0 Å². The molecule has 0 aliphatic carbocycles. The van der Waals surface area contributed by atoms with E-state index in [9.17, 15) is 14.7 Å². The fraction of sp³-hybridized carbons (Fsp3) is 0.529. The van der Waals surface area contributed by atoms with E-state index in [2.05, 4.69) is 17.1 Å². The maximum Gasteiger partial charge on any atom is 0.224 e. The Morgan fingerprint density at radius 3 is 2.59 bits per heavy atom. The van der Waals surface area contributed by atoms with Gasteiger partial charge in [-0.2, -0.15) is 0 Å². The topological polar surface area (TPSA) is 72.5 Å². The van der Waals surface area contributed by atoms with Gasteiger partial charge in [-0.1, -0.05) is 6.92 Å². The van der Waals surface area contributed by atoms with Crippen molar-refractivity contribution in [3.05, 3.63) is 24.3 Å². The third-order valence-corrected chi connectivity index (χ3v) is 4.14. The highest BCUT2D eigenvalue weighted by Gasteiger charge is 2.20. The standard InChI is InChI=1S/C17H24N2O3/c1-2-14-5-3-4-12-19(14)15-8-6-13(7-9-15)18-16(20)10-11-17(21)22/h6-9,14H,2-5,10-12H2,1H3,(H,18,20)(H,21,22)/p-1/t14-/m1/s1. The number of aliphatic carboxylic acids is 1. The fourth-order valence-electron chi connectivity index (χ4n) is 2.94. The van der Waals surface area contributed by atoms with Crippen LogP contribution in [0.2, 0.25) is 0 Å². The molecule has 0 saturated carbocycles. The molecule has 0 radical (unpaired) electrons. The average Bonchev–Trinajstić information content (AvgIpc) is 2.53. The average molecular weight is 303 g/mol. The maximum atomic E-state index is 11.6. The Kier molecular flexibility index (Phi) is 5.81. The van der Waals surface area contributed by atoms with Crippen molar-refractivity contribution in [1.82, 2.24) is 0 Å². The number of anilines is 2. The van der Waals surface area contributed by atoms with Crippen LogP contribution in [-0.4, -0.2) is 24.5 Å². The number of hydrogen-bond acceptors (Lipinski definition) is 4. The second kappa shape index (κ2) is 7.82. The van der Waals surface area contributed by atoms with Crippen LogP contribution in [0.1, 0.15) is 45.4 Å². The molecule has 1 fully saturated rings. The van der Waals surface area contributed by atoms with Gasteiger partial charge >= 0.3 is 0 Å². The summed E-state index contributed by atoms with van der Waals surface area (Å²) >= 11 is 0. The first kappa shape index (κ1) is 16.3. The number of carbonyl (C=O) groups excluding carboxylic acids is 2. The summed E-state index contributed by atoms with van der Waals surface area (Å²) < 4.78 is 0. The summed E-state index contributed by atoms with van der Waals surface area (Å²) in [6, 6.07) is 8.36. The van der Waals surface area contributed by atoms with E-state index >= 15 is 0 Å². The van der Waals surface area contributed by atoms with Crippen molar-refractivity contribution in [3.63, 3.8) is 0 Å². The molecule has 120 valence electrons. The largest absolute Gasteiger partial charge is 0.550 e. The molecule has 1 heterocycles. The molecular formula is C17H23N2O3-. The van der Waals surface area contributed by atoms with Crippen LogP contribution in [0.3, 0.4) is 0 Å². The maximum absolute atomic E-state index is 11.6. The van der Waals surface area contributed by atoms with Crippen LogP contribution in [0.15, 0.2) is 24.3 Å². The van der Waals surface area contributed by atoms with E-state index in [1.54, 1.807) is 0 Å². The zero-order chi connectivity index (χ0) is 15.9. The number of rotatable bonds is 6. The number of piperidine rings is 1. The van der Waals surface area contributed by atoms with Gasteiger partial charge in [0.2, 0.25) is 5.91 Å². The lowest BCUT2D eigenvalue weighted by Gasteiger charge is -2.37. The summed E-state index contributed by atoms with van der Waals surface area (Å²) in [4.78, 5) is 24.4. The Hall–Kier alpha value is -2.04. The molecule has 1 aliphatic rings. The molecule has 0 unspecified atom stereocenters. The van der Waals surface area contributed by atoms with Crippen LogP contribution in [0, 0.1) is 0 Å². The lowest BCUT2D eigenvalue weighted by molar-refractivity contribution is -0.305. The Morgan fingerprint density at radius 1 is 1.23 bits per heavy atom. The lowest BCUT2D eigenvalue weighted by Crippen LogP contribution is -2.39. The predicted molar refractivity (Wildman–Crippen MR) is 84.6 cm³/mol. The van der Waals surface area contributed by atoms with E-state index in [0.717, 1.165) is 13.0 Å². The highest BCUT2D eigenvalue weighted by atomic mass is 16.4. The summed E-state index contributed by atoms with van der Waals surface area (Å²) in [5.41, 5.74) is 1.87. The lowest BCUT2D eigenvalue weighted by atomic mass is 9.99. The zero-order valence-electron chi connectivity index (χ0n) is 13.0. The van der Waals surface area contributed by atoms with E-state index in [0.29, 0.717) is 11.7 Å². The minimum absolute atomic E-state index is 0.0614. The van der Waals surface area contributed by atoms with Gasteiger partial charge in [-0.05, 0) is 56.4 Å². The Labute approximate surface area is 131 Å². The second-order valence-corrected chi connectivity index (χ2v) is 5.72. The first-order valence-electron chi connectivity index (χ1n) is 7.96. The van der Waals surface area contributed by atoms with Crippen LogP contribution in [0.5, 0.6) is 0 Å². The molecule has 1 N–H and O–H groups in total. The van der Waals surface area contributed by atoms with Crippen molar-refractivity contribution in [2.24, 2.45) is 0 Å². The van der Waals surface area contributed by atoms with Crippen molar-refractivity contribution in [2.75, 3.05) is 16.8 Å². The number of carbonyl (C=O) groups is 2. The number of amides is 1. The molecule has 0 aromatic heterocycles. The van der Waals surface area contributed by atoms with Crippen molar-refractivity contribution in [2.45, 2.75) is 51.5 Å². The molecule has 1 aromatic carbocycles. The van der Waals surface area contributed by atoms with Crippen LogP contribution >= 0.6 is 0 Å². The van der Waals surface area contributed by atoms with Crippen LogP contribution in [0.4, 0.5) is 11.4 Å². The second-order valence-electron chi connectivity index (χ2n) is 5.72. The van der Waals surface area contributed by atoms with Crippen molar-refractivity contribution < 1.29 is 14.7 Å². The number of nitrogens with one attached hydrogen (secondary N) is 1. The third kappa shape index (κ3) is 4.48. The molecular weight excluding hydrogens is 280 g/mol. The molecule has 1 aromatic rings. The number of benzene rings is 1. The molecule has 0 bridgehead atoms. The zero-order valence-corrected chi connectivity index (χ0v) is 13.0. The van der Waals surface area contributed by atoms with Crippen molar-refractivity contribution in [1.29, 1.82) is 0 Å². The quantitative estimate of drug-likeness (QED) is 0.871. The van der Waals surface area contributed by atoms with Gasteiger partial charge in [0.1, 0.15) is 0 Å². The summed E-state index contributed by atoms with van der Waals surface area (Å²) in [7, 11) is 0. The molecule has 5 heteroatoms. The molecule has 0 spiro atoms. The van der Waals surface area contributed by atoms with E-state index < -0.39 is 5.97 Å². The predicted octanol–water partition coefficient (Wildman–Crippen LogP) is 1.92. The Morgan fingerprint density at radius 2 is 1.95 bits per heavy atom. The van der Waals surface area contributed by atoms with Crippen LogP contribution in [0.25, 0.3) is 0 Å². The van der Waals surface area contributed by atoms with Gasteiger partial charge in [-0.15, -0.1) is 0 Å². The number of nitrogens with zero attached hydrogens (tertiary/aromatic N) is 1. The number of hydrogen-bond donors (Lipinski definition) is 1. The first-order chi connectivity index (χ1) is 10.6. The molecule has 5 nitrogen and oxygen atoms in total. The minimum Gasteiger partial charge on any atom is -0.550 e. The van der Waals surface area contributed by atoms with Crippen LogP contribution in [-0.2, 0) is 9.59 Å². The molecule has 1 saturated heterocycles. The normalized spacial score (nSPS) is 18.0. The third-order valence-electron chi connectivity index (χ3n) is 4.14. The minimum atomic E-state index is -1.21. The smallest absolute Gasteiger partial charge is 0.224 e. The Balaban J connectivity index is 1.94. The van der Waals surface area contributed by atoms with Gasteiger partial charge in [0.05, 0.1) is 0 Å². The van der Waals surface area contributed by atoms with Gasteiger partial charge < -0.3 is 20.1 Å². The molecule has 1 atom stereocenters. The fourth-order valence-corrected chi connectivity index (χ4v) is 2.94. The van der Waals surface area contributed by atoms with Gasteiger partial charge in [0, 0.05) is 36.4 Å². The van der Waals surface area contributed by atoms with E-state index in [-0.39, 0.29) is 18.7 Å². The van der Waals surface area contributed by atoms with E-state index in [4.69, 9.17) is 0 Å². The van der Waals surface area contributed by atoms with Gasteiger partial charge in [0.15, 0.2) is 0 Å². The van der Waals surface area contributed by atoms with Crippen molar-refractivity contribution >= 4 is 23.3 Å². The Bertz CT molecular complexity index is 513. The highest BCUT2D eigenvalue weighted by Crippen LogP contribution is 2.27. The monoisotopic (exact) mass is 303 g/mol. The van der Waals surface area contributed by atoms with Gasteiger partial charge in [-0.3, -0.25) is 4.79 Å². The summed E-state index contributed by atoms with van der Waals surface area (Å²) in [6.45, 7) is 3.30. The number of carboxylic acid groups (broad SMARTS) is 1. The SMILES string of the molecule is CC[C@@H]1CCCCN1c1ccc(NC(=O)CCC(=O)[O-])cc1.